The van der Waals surface area contributed by atoms with Crippen molar-refractivity contribution in [1.29, 1.82) is 0 Å². The second-order valence-corrected chi connectivity index (χ2v) is 3.31. The maximum Gasteiger partial charge on any atom is 0.0753 e. The molecule has 1 aromatic rings. The largest absolute Gasteiger partial charge is 0.380 e. The van der Waals surface area contributed by atoms with Crippen LogP contribution >= 0.6 is 0 Å². The van der Waals surface area contributed by atoms with Gasteiger partial charge in [0.2, 0.25) is 0 Å². The van der Waals surface area contributed by atoms with E-state index in [9.17, 15) is 0 Å². The second kappa shape index (κ2) is 5.67. The zero-order valence-corrected chi connectivity index (χ0v) is 8.90. The minimum absolute atomic E-state index is 0.210. The van der Waals surface area contributed by atoms with Crippen LogP contribution in [0.15, 0.2) is 18.6 Å². The van der Waals surface area contributed by atoms with E-state index in [1.165, 1.54) is 0 Å². The normalized spacial score (nSPS) is 15.1. The number of hydrogen-bond acceptors (Lipinski definition) is 4. The molecule has 2 unspecified atom stereocenters. The van der Waals surface area contributed by atoms with Crippen LogP contribution in [0.3, 0.4) is 0 Å². The molecule has 0 radical (unpaired) electrons. The maximum atomic E-state index is 5.14. The van der Waals surface area contributed by atoms with Crippen LogP contribution in [0.4, 0.5) is 0 Å². The SMILES string of the molecule is COC(C)CNC(C)c1cnccn1. The molecular formula is C10H17N3O. The van der Waals surface area contributed by atoms with Gasteiger partial charge in [-0.25, -0.2) is 0 Å². The number of hydrogen-bond donors (Lipinski definition) is 1. The number of rotatable bonds is 5. The molecule has 0 bridgehead atoms. The fraction of sp³-hybridized carbons (Fsp3) is 0.600. The fourth-order valence-electron chi connectivity index (χ4n) is 1.06. The molecule has 0 aromatic carbocycles. The highest BCUT2D eigenvalue weighted by molar-refractivity contribution is 5.00. The summed E-state index contributed by atoms with van der Waals surface area (Å²) in [6.45, 7) is 4.90. The Morgan fingerprint density at radius 3 is 2.79 bits per heavy atom. The lowest BCUT2D eigenvalue weighted by Gasteiger charge is -2.15. The van der Waals surface area contributed by atoms with Gasteiger partial charge in [0.05, 0.1) is 11.8 Å². The lowest BCUT2D eigenvalue weighted by Crippen LogP contribution is -2.28. The highest BCUT2D eigenvalue weighted by Crippen LogP contribution is 2.06. The monoisotopic (exact) mass is 195 g/mol. The van der Waals surface area contributed by atoms with Gasteiger partial charge in [0.15, 0.2) is 0 Å². The van der Waals surface area contributed by atoms with Crippen LogP contribution in [0.2, 0.25) is 0 Å². The molecule has 0 saturated heterocycles. The minimum atomic E-state index is 0.210. The summed E-state index contributed by atoms with van der Waals surface area (Å²) in [5.41, 5.74) is 0.954. The molecule has 0 spiro atoms. The fourth-order valence-corrected chi connectivity index (χ4v) is 1.06. The van der Waals surface area contributed by atoms with Crippen LogP contribution in [0.25, 0.3) is 0 Å². The van der Waals surface area contributed by atoms with E-state index in [0.29, 0.717) is 0 Å². The Morgan fingerprint density at radius 1 is 1.43 bits per heavy atom. The van der Waals surface area contributed by atoms with Gasteiger partial charge < -0.3 is 10.1 Å². The average Bonchev–Trinajstić information content (AvgIpc) is 2.26. The summed E-state index contributed by atoms with van der Waals surface area (Å²) in [5.74, 6) is 0. The van der Waals surface area contributed by atoms with Gasteiger partial charge in [0, 0.05) is 38.3 Å². The van der Waals surface area contributed by atoms with Crippen molar-refractivity contribution in [3.63, 3.8) is 0 Å². The highest BCUT2D eigenvalue weighted by Gasteiger charge is 2.07. The van der Waals surface area contributed by atoms with Gasteiger partial charge in [-0.15, -0.1) is 0 Å². The molecule has 1 heterocycles. The van der Waals surface area contributed by atoms with Gasteiger partial charge in [-0.2, -0.15) is 0 Å². The molecular weight excluding hydrogens is 178 g/mol. The Hall–Kier alpha value is -1.00. The topological polar surface area (TPSA) is 47.0 Å². The van der Waals surface area contributed by atoms with E-state index in [4.69, 9.17) is 4.74 Å². The third-order valence-electron chi connectivity index (χ3n) is 2.14. The summed E-state index contributed by atoms with van der Waals surface area (Å²) in [7, 11) is 1.71. The van der Waals surface area contributed by atoms with Crippen molar-refractivity contribution in [2.24, 2.45) is 0 Å². The summed E-state index contributed by atoms with van der Waals surface area (Å²) in [6.07, 6.45) is 5.37. The molecule has 78 valence electrons. The van der Waals surface area contributed by atoms with Crippen molar-refractivity contribution in [2.75, 3.05) is 13.7 Å². The van der Waals surface area contributed by atoms with Gasteiger partial charge in [-0.1, -0.05) is 0 Å². The first-order valence-corrected chi connectivity index (χ1v) is 4.76. The van der Waals surface area contributed by atoms with Crippen molar-refractivity contribution in [1.82, 2.24) is 15.3 Å². The molecule has 1 aromatic heterocycles. The van der Waals surface area contributed by atoms with E-state index in [1.807, 2.05) is 6.92 Å². The van der Waals surface area contributed by atoms with Crippen LogP contribution in [0, 0.1) is 0 Å². The molecule has 14 heavy (non-hydrogen) atoms. The van der Waals surface area contributed by atoms with E-state index in [1.54, 1.807) is 25.7 Å². The molecule has 4 nitrogen and oxygen atoms in total. The predicted octanol–water partition coefficient (Wildman–Crippen LogP) is 1.16. The second-order valence-electron chi connectivity index (χ2n) is 3.31. The number of nitrogens with zero attached hydrogens (tertiary/aromatic N) is 2. The standard InChI is InChI=1S/C10H17N3O/c1-8(14-3)6-13-9(2)10-7-11-4-5-12-10/h4-5,7-9,13H,6H2,1-3H3. The molecule has 1 rings (SSSR count). The van der Waals surface area contributed by atoms with Gasteiger partial charge in [-0.3, -0.25) is 9.97 Å². The van der Waals surface area contributed by atoms with Crippen molar-refractivity contribution in [2.45, 2.75) is 26.0 Å². The molecule has 2 atom stereocenters. The number of nitrogens with one attached hydrogen (secondary N) is 1. The number of aromatic nitrogens is 2. The van der Waals surface area contributed by atoms with Crippen LogP contribution < -0.4 is 5.32 Å². The van der Waals surface area contributed by atoms with Crippen LogP contribution in [0.1, 0.15) is 25.6 Å². The Bertz CT molecular complexity index is 253. The van der Waals surface area contributed by atoms with Gasteiger partial charge >= 0.3 is 0 Å². The molecule has 4 heteroatoms. The molecule has 0 fully saturated rings. The first-order chi connectivity index (χ1) is 6.74. The highest BCUT2D eigenvalue weighted by atomic mass is 16.5. The first kappa shape index (κ1) is 11.1. The summed E-state index contributed by atoms with van der Waals surface area (Å²) in [5, 5.41) is 3.32. The lowest BCUT2D eigenvalue weighted by atomic mass is 10.2. The van der Waals surface area contributed by atoms with E-state index >= 15 is 0 Å². The molecule has 0 aliphatic heterocycles. The Balaban J connectivity index is 2.39. The summed E-state index contributed by atoms with van der Waals surface area (Å²) >= 11 is 0. The number of methoxy groups -OCH3 is 1. The Morgan fingerprint density at radius 2 is 2.21 bits per heavy atom. The van der Waals surface area contributed by atoms with Crippen molar-refractivity contribution in [3.8, 4) is 0 Å². The van der Waals surface area contributed by atoms with Crippen LogP contribution in [0.5, 0.6) is 0 Å². The predicted molar refractivity (Wildman–Crippen MR) is 54.9 cm³/mol. The van der Waals surface area contributed by atoms with E-state index in [0.717, 1.165) is 12.2 Å². The Labute approximate surface area is 84.7 Å². The molecule has 1 N–H and O–H groups in total. The zero-order chi connectivity index (χ0) is 10.4. The van der Waals surface area contributed by atoms with Gasteiger partial charge in [0.25, 0.3) is 0 Å². The van der Waals surface area contributed by atoms with Gasteiger partial charge in [-0.05, 0) is 13.8 Å². The van der Waals surface area contributed by atoms with Crippen LogP contribution in [-0.2, 0) is 4.74 Å². The van der Waals surface area contributed by atoms with Gasteiger partial charge in [0.1, 0.15) is 0 Å². The number of ether oxygens (including phenoxy) is 1. The first-order valence-electron chi connectivity index (χ1n) is 4.76. The summed E-state index contributed by atoms with van der Waals surface area (Å²) in [6, 6.07) is 0.210. The van der Waals surface area contributed by atoms with E-state index in [2.05, 4.69) is 22.2 Å². The Kier molecular flexibility index (Phi) is 4.49. The van der Waals surface area contributed by atoms with E-state index < -0.39 is 0 Å². The van der Waals surface area contributed by atoms with Crippen molar-refractivity contribution >= 4 is 0 Å². The van der Waals surface area contributed by atoms with Crippen molar-refractivity contribution < 1.29 is 4.74 Å². The van der Waals surface area contributed by atoms with E-state index in [-0.39, 0.29) is 12.1 Å². The molecule has 0 aliphatic carbocycles. The van der Waals surface area contributed by atoms with Crippen molar-refractivity contribution in [3.05, 3.63) is 24.3 Å². The third kappa shape index (κ3) is 3.40. The average molecular weight is 195 g/mol. The lowest BCUT2D eigenvalue weighted by molar-refractivity contribution is 0.114. The third-order valence-corrected chi connectivity index (χ3v) is 2.14. The summed E-state index contributed by atoms with van der Waals surface area (Å²) < 4.78 is 5.14. The smallest absolute Gasteiger partial charge is 0.0753 e. The van der Waals surface area contributed by atoms with Crippen LogP contribution in [-0.4, -0.2) is 29.7 Å². The molecule has 0 saturated carbocycles. The zero-order valence-electron chi connectivity index (χ0n) is 8.90. The quantitative estimate of drug-likeness (QED) is 0.766. The molecule has 0 aliphatic rings. The summed E-state index contributed by atoms with van der Waals surface area (Å²) in [4.78, 5) is 8.24. The molecule has 0 amide bonds. The minimum Gasteiger partial charge on any atom is -0.380 e. The maximum absolute atomic E-state index is 5.14.